The molecule has 0 atom stereocenters. The number of amides is 1. The van der Waals surface area contributed by atoms with Crippen LogP contribution in [0.15, 0.2) is 65.3 Å². The average Bonchev–Trinajstić information content (AvgIpc) is 3.33. The van der Waals surface area contributed by atoms with E-state index in [0.29, 0.717) is 17.4 Å². The summed E-state index contributed by atoms with van der Waals surface area (Å²) in [6, 6.07) is 17.8. The Hall–Kier alpha value is -2.51. The van der Waals surface area contributed by atoms with E-state index in [1.807, 2.05) is 62.4 Å². The third-order valence-corrected chi connectivity index (χ3v) is 5.91. The summed E-state index contributed by atoms with van der Waals surface area (Å²) in [5.74, 6) is -0.104. The highest BCUT2D eigenvalue weighted by molar-refractivity contribution is 9.10. The molecule has 0 aliphatic carbocycles. The molecule has 0 saturated heterocycles. The number of hydrogen-bond donors (Lipinski definition) is 0. The van der Waals surface area contributed by atoms with Gasteiger partial charge >= 0.3 is 0 Å². The lowest BCUT2D eigenvalue weighted by Crippen LogP contribution is -2.32. The Morgan fingerprint density at radius 1 is 1.18 bits per heavy atom. The van der Waals surface area contributed by atoms with Crippen molar-refractivity contribution in [1.82, 2.24) is 14.8 Å². The first-order valence-corrected chi connectivity index (χ1v) is 10.6. The van der Waals surface area contributed by atoms with Gasteiger partial charge in [0, 0.05) is 16.7 Å². The zero-order chi connectivity index (χ0) is 19.7. The van der Waals surface area contributed by atoms with Crippen molar-refractivity contribution in [3.8, 4) is 0 Å². The lowest BCUT2D eigenvalue weighted by molar-refractivity contribution is 0.0973. The van der Waals surface area contributed by atoms with Crippen molar-refractivity contribution in [3.05, 3.63) is 76.5 Å². The molecule has 4 aromatic rings. The molecule has 7 heteroatoms. The lowest BCUT2D eigenvalue weighted by Gasteiger charge is -2.21. The van der Waals surface area contributed by atoms with Crippen LogP contribution >= 0.6 is 27.3 Å². The third-order valence-electron chi connectivity index (χ3n) is 4.38. The zero-order valence-electron chi connectivity index (χ0n) is 15.5. The SMILES string of the molecule is CC(C)n1nccc1C(=O)N(Cc1ccccc1)c1nc2ccc(Br)cc2s1. The number of thiazole rings is 1. The molecule has 142 valence electrons. The van der Waals surface area contributed by atoms with E-state index in [1.165, 1.54) is 11.3 Å². The van der Waals surface area contributed by atoms with Gasteiger partial charge in [-0.05, 0) is 43.7 Å². The monoisotopic (exact) mass is 454 g/mol. The number of anilines is 1. The van der Waals surface area contributed by atoms with Crippen molar-refractivity contribution in [2.75, 3.05) is 4.90 Å². The quantitative estimate of drug-likeness (QED) is 0.389. The third kappa shape index (κ3) is 3.72. The van der Waals surface area contributed by atoms with E-state index in [4.69, 9.17) is 4.98 Å². The van der Waals surface area contributed by atoms with Crippen LogP contribution < -0.4 is 4.90 Å². The van der Waals surface area contributed by atoms with E-state index in [-0.39, 0.29) is 11.9 Å². The molecule has 2 heterocycles. The van der Waals surface area contributed by atoms with E-state index >= 15 is 0 Å². The molecule has 2 aromatic carbocycles. The zero-order valence-corrected chi connectivity index (χ0v) is 17.9. The molecule has 2 aromatic heterocycles. The smallest absolute Gasteiger partial charge is 0.278 e. The molecule has 0 bridgehead atoms. The summed E-state index contributed by atoms with van der Waals surface area (Å²) in [6.07, 6.45) is 1.67. The van der Waals surface area contributed by atoms with Gasteiger partial charge < -0.3 is 0 Å². The maximum atomic E-state index is 13.5. The fraction of sp³-hybridized carbons (Fsp3) is 0.190. The Kier molecular flexibility index (Phi) is 5.28. The molecule has 0 aliphatic heterocycles. The second-order valence-corrected chi connectivity index (χ2v) is 8.66. The second kappa shape index (κ2) is 7.85. The number of fused-ring (bicyclic) bond motifs is 1. The van der Waals surface area contributed by atoms with E-state index in [1.54, 1.807) is 21.8 Å². The van der Waals surface area contributed by atoms with E-state index in [2.05, 4.69) is 21.0 Å². The molecule has 0 unspecified atom stereocenters. The minimum Gasteiger partial charge on any atom is -0.278 e. The fourth-order valence-electron chi connectivity index (χ4n) is 3.03. The van der Waals surface area contributed by atoms with Gasteiger partial charge in [0.2, 0.25) is 0 Å². The molecule has 5 nitrogen and oxygen atoms in total. The van der Waals surface area contributed by atoms with Crippen LogP contribution in [0.4, 0.5) is 5.13 Å². The standard InChI is InChI=1S/C21H19BrN4OS/c1-14(2)26-18(10-11-23-26)20(27)25(13-15-6-4-3-5-7-15)21-24-17-9-8-16(22)12-19(17)28-21/h3-12,14H,13H2,1-2H3. The van der Waals surface area contributed by atoms with Crippen molar-refractivity contribution < 1.29 is 4.79 Å². The number of carbonyl (C=O) groups excluding carboxylic acids is 1. The largest absolute Gasteiger partial charge is 0.278 e. The molecule has 1 amide bonds. The van der Waals surface area contributed by atoms with E-state index in [9.17, 15) is 4.79 Å². The maximum Gasteiger partial charge on any atom is 0.278 e. The number of rotatable bonds is 5. The minimum absolute atomic E-state index is 0.0962. The van der Waals surface area contributed by atoms with Crippen molar-refractivity contribution in [2.45, 2.75) is 26.4 Å². The topological polar surface area (TPSA) is 51.0 Å². The molecular weight excluding hydrogens is 436 g/mol. The van der Waals surface area contributed by atoms with Gasteiger partial charge in [-0.25, -0.2) is 4.98 Å². The first-order chi connectivity index (χ1) is 13.5. The van der Waals surface area contributed by atoms with Crippen LogP contribution in [0.25, 0.3) is 10.2 Å². The molecule has 0 fully saturated rings. The Balaban J connectivity index is 1.78. The number of halogens is 1. The molecular formula is C21H19BrN4OS. The summed E-state index contributed by atoms with van der Waals surface area (Å²) in [5, 5.41) is 5.00. The summed E-state index contributed by atoms with van der Waals surface area (Å²) in [5.41, 5.74) is 2.49. The second-order valence-electron chi connectivity index (χ2n) is 6.74. The molecule has 0 saturated carbocycles. The Bertz CT molecular complexity index is 1120. The summed E-state index contributed by atoms with van der Waals surface area (Å²) < 4.78 is 3.78. The summed E-state index contributed by atoms with van der Waals surface area (Å²) >= 11 is 5.02. The normalized spacial score (nSPS) is 11.3. The first kappa shape index (κ1) is 18.8. The Morgan fingerprint density at radius 2 is 1.96 bits per heavy atom. The molecule has 0 spiro atoms. The molecule has 0 aliphatic rings. The van der Waals surface area contributed by atoms with Crippen LogP contribution in [-0.2, 0) is 6.54 Å². The van der Waals surface area contributed by atoms with Crippen molar-refractivity contribution in [1.29, 1.82) is 0 Å². The number of nitrogens with zero attached hydrogens (tertiary/aromatic N) is 4. The van der Waals surface area contributed by atoms with Crippen LogP contribution in [0.2, 0.25) is 0 Å². The average molecular weight is 455 g/mol. The predicted molar refractivity (Wildman–Crippen MR) is 117 cm³/mol. The van der Waals surface area contributed by atoms with E-state index < -0.39 is 0 Å². The van der Waals surface area contributed by atoms with Crippen LogP contribution in [0.5, 0.6) is 0 Å². The molecule has 4 rings (SSSR count). The van der Waals surface area contributed by atoms with Gasteiger partial charge in [0.1, 0.15) is 5.69 Å². The van der Waals surface area contributed by atoms with Gasteiger partial charge in [0.05, 0.1) is 16.8 Å². The maximum absolute atomic E-state index is 13.5. The lowest BCUT2D eigenvalue weighted by atomic mass is 10.2. The number of carbonyl (C=O) groups is 1. The van der Waals surface area contributed by atoms with Gasteiger partial charge in [0.15, 0.2) is 5.13 Å². The number of hydrogen-bond acceptors (Lipinski definition) is 4. The summed E-state index contributed by atoms with van der Waals surface area (Å²) in [7, 11) is 0. The van der Waals surface area contributed by atoms with Crippen LogP contribution in [-0.4, -0.2) is 20.7 Å². The number of aromatic nitrogens is 3. The van der Waals surface area contributed by atoms with Gasteiger partial charge in [-0.3, -0.25) is 14.4 Å². The van der Waals surface area contributed by atoms with Crippen LogP contribution in [0, 0.1) is 0 Å². The molecule has 0 radical (unpaired) electrons. The molecule has 0 N–H and O–H groups in total. The predicted octanol–water partition coefficient (Wildman–Crippen LogP) is 5.68. The number of benzene rings is 2. The Labute approximate surface area is 175 Å². The minimum atomic E-state index is -0.104. The van der Waals surface area contributed by atoms with Gasteiger partial charge in [-0.2, -0.15) is 5.10 Å². The van der Waals surface area contributed by atoms with Crippen molar-refractivity contribution in [3.63, 3.8) is 0 Å². The van der Waals surface area contributed by atoms with Crippen LogP contribution in [0.1, 0.15) is 35.9 Å². The van der Waals surface area contributed by atoms with Crippen LogP contribution in [0.3, 0.4) is 0 Å². The summed E-state index contributed by atoms with van der Waals surface area (Å²) in [6.45, 7) is 4.48. The first-order valence-electron chi connectivity index (χ1n) is 8.98. The fourth-order valence-corrected chi connectivity index (χ4v) is 4.54. The van der Waals surface area contributed by atoms with Gasteiger partial charge in [-0.15, -0.1) is 0 Å². The Morgan fingerprint density at radius 3 is 2.71 bits per heavy atom. The highest BCUT2D eigenvalue weighted by atomic mass is 79.9. The highest BCUT2D eigenvalue weighted by Gasteiger charge is 2.25. The van der Waals surface area contributed by atoms with Crippen molar-refractivity contribution >= 4 is 48.5 Å². The highest BCUT2D eigenvalue weighted by Crippen LogP contribution is 2.32. The molecule has 28 heavy (non-hydrogen) atoms. The van der Waals surface area contributed by atoms with E-state index in [0.717, 1.165) is 20.3 Å². The van der Waals surface area contributed by atoms with Crippen molar-refractivity contribution in [2.24, 2.45) is 0 Å². The van der Waals surface area contributed by atoms with Gasteiger partial charge in [0.25, 0.3) is 5.91 Å². The summed E-state index contributed by atoms with van der Waals surface area (Å²) in [4.78, 5) is 20.0. The van der Waals surface area contributed by atoms with Gasteiger partial charge in [-0.1, -0.05) is 57.6 Å².